The summed E-state index contributed by atoms with van der Waals surface area (Å²) >= 11 is 0. The van der Waals surface area contributed by atoms with Crippen LogP contribution in [0.3, 0.4) is 0 Å². The summed E-state index contributed by atoms with van der Waals surface area (Å²) < 4.78 is 16.4. The first-order chi connectivity index (χ1) is 8.29. The van der Waals surface area contributed by atoms with Gasteiger partial charge in [0.05, 0.1) is 12.7 Å². The van der Waals surface area contributed by atoms with Crippen molar-refractivity contribution in [3.63, 3.8) is 0 Å². The van der Waals surface area contributed by atoms with Crippen molar-refractivity contribution in [2.45, 2.75) is 25.0 Å². The number of ether oxygens (including phenoxy) is 3. The minimum absolute atomic E-state index is 0.00912. The van der Waals surface area contributed by atoms with Crippen molar-refractivity contribution in [1.82, 2.24) is 0 Å². The third-order valence-corrected chi connectivity index (χ3v) is 3.26. The molecule has 0 N–H and O–H groups in total. The largest absolute Gasteiger partial charge is 0.497 e. The number of fused-ring (bicyclic) bond motifs is 2. The van der Waals surface area contributed by atoms with E-state index in [0.717, 1.165) is 12.8 Å². The van der Waals surface area contributed by atoms with Crippen LogP contribution >= 0.6 is 0 Å². The van der Waals surface area contributed by atoms with Crippen LogP contribution < -0.4 is 9.47 Å². The number of methoxy groups -OCH3 is 1. The number of Topliss-reactive ketones (excluding diaryl/α,β-unsaturated/α-hetero) is 1. The first kappa shape index (κ1) is 10.6. The third kappa shape index (κ3) is 1.69. The predicted molar refractivity (Wildman–Crippen MR) is 60.7 cm³/mol. The zero-order valence-electron chi connectivity index (χ0n) is 9.64. The summed E-state index contributed by atoms with van der Waals surface area (Å²) in [6.45, 7) is 0.634. The summed E-state index contributed by atoms with van der Waals surface area (Å²) in [6, 6.07) is 5.30. The Kier molecular flexibility index (Phi) is 2.52. The van der Waals surface area contributed by atoms with Crippen LogP contribution in [-0.2, 0) is 4.74 Å². The van der Waals surface area contributed by atoms with E-state index in [4.69, 9.17) is 14.2 Å². The number of hydrogen-bond acceptors (Lipinski definition) is 4. The topological polar surface area (TPSA) is 44.8 Å². The molecule has 4 nitrogen and oxygen atoms in total. The maximum Gasteiger partial charge on any atom is 0.199 e. The summed E-state index contributed by atoms with van der Waals surface area (Å²) in [7, 11) is 1.58. The highest BCUT2D eigenvalue weighted by Crippen LogP contribution is 2.34. The first-order valence-corrected chi connectivity index (χ1v) is 5.80. The van der Waals surface area contributed by atoms with Crippen molar-refractivity contribution in [1.29, 1.82) is 0 Å². The van der Waals surface area contributed by atoms with Gasteiger partial charge in [0.15, 0.2) is 11.9 Å². The number of hydrogen-bond donors (Lipinski definition) is 0. The molecule has 0 bridgehead atoms. The summed E-state index contributed by atoms with van der Waals surface area (Å²) in [5.41, 5.74) is 0.563. The van der Waals surface area contributed by atoms with E-state index >= 15 is 0 Å². The quantitative estimate of drug-likeness (QED) is 0.743. The van der Waals surface area contributed by atoms with Crippen molar-refractivity contribution in [2.75, 3.05) is 13.7 Å². The minimum Gasteiger partial charge on any atom is -0.497 e. The van der Waals surface area contributed by atoms with E-state index in [1.165, 1.54) is 0 Å². The van der Waals surface area contributed by atoms with E-state index in [-0.39, 0.29) is 11.9 Å². The summed E-state index contributed by atoms with van der Waals surface area (Å²) in [4.78, 5) is 12.3. The highest BCUT2D eigenvalue weighted by molar-refractivity contribution is 6.03. The Balaban J connectivity index is 2.00. The molecule has 0 amide bonds. The van der Waals surface area contributed by atoms with Gasteiger partial charge in [0.2, 0.25) is 0 Å². The van der Waals surface area contributed by atoms with Gasteiger partial charge in [0.25, 0.3) is 0 Å². The number of ketones is 1. The zero-order chi connectivity index (χ0) is 11.8. The van der Waals surface area contributed by atoms with Gasteiger partial charge in [-0.25, -0.2) is 0 Å². The van der Waals surface area contributed by atoms with Crippen molar-refractivity contribution in [3.05, 3.63) is 23.8 Å². The van der Waals surface area contributed by atoms with Gasteiger partial charge >= 0.3 is 0 Å². The van der Waals surface area contributed by atoms with Gasteiger partial charge < -0.3 is 14.2 Å². The second kappa shape index (κ2) is 4.04. The summed E-state index contributed by atoms with van der Waals surface area (Å²) in [6.07, 6.45) is 1.25. The van der Waals surface area contributed by atoms with E-state index in [1.807, 2.05) is 0 Å². The molecule has 2 heterocycles. The third-order valence-electron chi connectivity index (χ3n) is 3.26. The fourth-order valence-electron chi connectivity index (χ4n) is 2.37. The molecule has 3 rings (SSSR count). The molecule has 4 heteroatoms. The second-order valence-electron chi connectivity index (χ2n) is 4.32. The van der Waals surface area contributed by atoms with Crippen LogP contribution in [0.4, 0.5) is 0 Å². The summed E-state index contributed by atoms with van der Waals surface area (Å²) in [5.74, 6) is 1.31. The Morgan fingerprint density at radius 3 is 3.12 bits per heavy atom. The van der Waals surface area contributed by atoms with Crippen LogP contribution in [0, 0.1) is 0 Å². The van der Waals surface area contributed by atoms with Crippen molar-refractivity contribution in [2.24, 2.45) is 0 Å². The fourth-order valence-corrected chi connectivity index (χ4v) is 2.37. The van der Waals surface area contributed by atoms with Crippen LogP contribution in [0.5, 0.6) is 11.5 Å². The van der Waals surface area contributed by atoms with Crippen molar-refractivity contribution < 1.29 is 19.0 Å². The number of carbonyl (C=O) groups is 1. The van der Waals surface area contributed by atoms with Crippen LogP contribution in [0.2, 0.25) is 0 Å². The molecule has 90 valence electrons. The Morgan fingerprint density at radius 1 is 1.41 bits per heavy atom. The lowest BCUT2D eigenvalue weighted by Crippen LogP contribution is -2.47. The van der Waals surface area contributed by atoms with Gasteiger partial charge in [-0.15, -0.1) is 0 Å². The molecule has 17 heavy (non-hydrogen) atoms. The smallest absolute Gasteiger partial charge is 0.199 e. The molecule has 0 aliphatic carbocycles. The van der Waals surface area contributed by atoms with Crippen molar-refractivity contribution in [3.8, 4) is 11.5 Å². The number of benzene rings is 1. The zero-order valence-corrected chi connectivity index (χ0v) is 9.64. The van der Waals surface area contributed by atoms with E-state index in [0.29, 0.717) is 23.7 Å². The average molecular weight is 234 g/mol. The lowest BCUT2D eigenvalue weighted by molar-refractivity contribution is -0.0517. The molecule has 2 aliphatic heterocycles. The molecular formula is C13H14O4. The summed E-state index contributed by atoms with van der Waals surface area (Å²) in [5, 5.41) is 0. The second-order valence-corrected chi connectivity index (χ2v) is 4.32. The molecule has 0 saturated carbocycles. The molecule has 1 aromatic rings. The monoisotopic (exact) mass is 234 g/mol. The van der Waals surface area contributed by atoms with Gasteiger partial charge in [-0.2, -0.15) is 0 Å². The number of carbonyl (C=O) groups excluding carboxylic acids is 1. The minimum atomic E-state index is -0.441. The first-order valence-electron chi connectivity index (χ1n) is 5.80. The number of rotatable bonds is 1. The van der Waals surface area contributed by atoms with E-state index in [2.05, 4.69) is 0 Å². The molecule has 1 saturated heterocycles. The Hall–Kier alpha value is -1.55. The molecular weight excluding hydrogens is 220 g/mol. The molecule has 1 aromatic carbocycles. The van der Waals surface area contributed by atoms with Gasteiger partial charge in [-0.3, -0.25) is 4.79 Å². The molecule has 2 aliphatic rings. The van der Waals surface area contributed by atoms with Crippen LogP contribution in [0.15, 0.2) is 18.2 Å². The normalized spacial score (nSPS) is 26.8. The average Bonchev–Trinajstić information content (AvgIpc) is 2.39. The highest BCUT2D eigenvalue weighted by Gasteiger charge is 2.39. The molecule has 1 fully saturated rings. The predicted octanol–water partition coefficient (Wildman–Crippen LogP) is 1.82. The van der Waals surface area contributed by atoms with Crippen LogP contribution in [-0.4, -0.2) is 31.7 Å². The molecule has 0 spiro atoms. The molecule has 2 atom stereocenters. The highest BCUT2D eigenvalue weighted by atomic mass is 16.6. The standard InChI is InChI=1S/C13H14O4/c1-15-8-4-5-10-9(7-8)12(14)13-11(17-10)3-2-6-16-13/h4-5,7,11,13H,2-3,6H2,1H3/t11-,13-/m0/s1. The maximum atomic E-state index is 12.3. The van der Waals surface area contributed by atoms with Crippen LogP contribution in [0.1, 0.15) is 23.2 Å². The SMILES string of the molecule is COc1ccc2c(c1)C(=O)[C@H]1OCCC[C@@H]1O2. The van der Waals surface area contributed by atoms with Crippen LogP contribution in [0.25, 0.3) is 0 Å². The fraction of sp³-hybridized carbons (Fsp3) is 0.462. The molecule has 0 unspecified atom stereocenters. The van der Waals surface area contributed by atoms with Gasteiger partial charge in [0, 0.05) is 6.61 Å². The Morgan fingerprint density at radius 2 is 2.29 bits per heavy atom. The molecule has 0 radical (unpaired) electrons. The lowest BCUT2D eigenvalue weighted by atomic mass is 9.93. The van der Waals surface area contributed by atoms with Gasteiger partial charge in [-0.05, 0) is 31.0 Å². The lowest BCUT2D eigenvalue weighted by Gasteiger charge is -2.35. The molecule has 0 aromatic heterocycles. The van der Waals surface area contributed by atoms with Gasteiger partial charge in [0.1, 0.15) is 17.6 Å². The van der Waals surface area contributed by atoms with E-state index in [1.54, 1.807) is 25.3 Å². The van der Waals surface area contributed by atoms with Crippen molar-refractivity contribution >= 4 is 5.78 Å². The Labute approximate surface area is 99.5 Å². The maximum absolute atomic E-state index is 12.3. The van der Waals surface area contributed by atoms with E-state index in [9.17, 15) is 4.79 Å². The van der Waals surface area contributed by atoms with Gasteiger partial charge in [-0.1, -0.05) is 0 Å². The van der Waals surface area contributed by atoms with E-state index < -0.39 is 6.10 Å². The Bertz CT molecular complexity index is 455.